The predicted molar refractivity (Wildman–Crippen MR) is 125 cm³/mol. The fraction of sp³-hybridized carbons (Fsp3) is 0.0417. The molecular weight excluding hydrogens is 456 g/mol. The van der Waals surface area contributed by atoms with Crippen LogP contribution in [0.4, 0.5) is 0 Å². The van der Waals surface area contributed by atoms with Crippen molar-refractivity contribution in [2.45, 2.75) is 6.92 Å². The maximum atomic E-state index is 13.3. The molecular formula is C24H19BrN4O2. The van der Waals surface area contributed by atoms with Gasteiger partial charge in [-0.15, -0.1) is 0 Å². The van der Waals surface area contributed by atoms with E-state index in [1.165, 1.54) is 4.68 Å². The second-order valence-electron chi connectivity index (χ2n) is 6.84. The van der Waals surface area contributed by atoms with Crippen LogP contribution in [0.5, 0.6) is 0 Å². The number of carbonyl (C=O) groups is 1. The molecule has 0 bridgehead atoms. The van der Waals surface area contributed by atoms with Gasteiger partial charge in [-0.05, 0) is 47.1 Å². The molecule has 4 rings (SSSR count). The van der Waals surface area contributed by atoms with Crippen LogP contribution in [0.25, 0.3) is 5.69 Å². The third kappa shape index (κ3) is 4.27. The average molecular weight is 475 g/mol. The number of aromatic amines is 1. The summed E-state index contributed by atoms with van der Waals surface area (Å²) in [5.74, 6) is -0.377. The van der Waals surface area contributed by atoms with Gasteiger partial charge in [-0.25, -0.2) is 10.1 Å². The number of carbonyl (C=O) groups excluding carboxylic acids is 1. The lowest BCUT2D eigenvalue weighted by molar-refractivity contribution is 0.0954. The minimum atomic E-state index is -0.377. The quantitative estimate of drug-likeness (QED) is 0.331. The van der Waals surface area contributed by atoms with Crippen LogP contribution in [0, 0.1) is 6.92 Å². The zero-order valence-electron chi connectivity index (χ0n) is 16.7. The van der Waals surface area contributed by atoms with Gasteiger partial charge in [0.1, 0.15) is 5.71 Å². The highest BCUT2D eigenvalue weighted by Gasteiger charge is 2.20. The van der Waals surface area contributed by atoms with Crippen molar-refractivity contribution in [1.29, 1.82) is 0 Å². The van der Waals surface area contributed by atoms with Crippen molar-refractivity contribution < 1.29 is 4.79 Å². The van der Waals surface area contributed by atoms with Crippen molar-refractivity contribution in [1.82, 2.24) is 15.2 Å². The smallest absolute Gasteiger partial charge is 0.281 e. The van der Waals surface area contributed by atoms with Gasteiger partial charge in [0.05, 0.1) is 16.8 Å². The summed E-state index contributed by atoms with van der Waals surface area (Å²) in [5, 5.41) is 7.48. The minimum Gasteiger partial charge on any atom is -0.295 e. The summed E-state index contributed by atoms with van der Waals surface area (Å²) in [6, 6.07) is 25.7. The molecule has 7 heteroatoms. The molecule has 3 aromatic carbocycles. The van der Waals surface area contributed by atoms with Crippen LogP contribution >= 0.6 is 15.9 Å². The second kappa shape index (κ2) is 8.97. The van der Waals surface area contributed by atoms with Crippen LogP contribution in [0.3, 0.4) is 0 Å². The molecule has 0 atom stereocenters. The highest BCUT2D eigenvalue weighted by molar-refractivity contribution is 9.10. The number of nitrogens with one attached hydrogen (secondary N) is 2. The minimum absolute atomic E-state index is 0.249. The van der Waals surface area contributed by atoms with Gasteiger partial charge in [-0.2, -0.15) is 5.10 Å². The number of rotatable bonds is 5. The van der Waals surface area contributed by atoms with E-state index in [0.717, 1.165) is 0 Å². The molecule has 0 aliphatic carbocycles. The Labute approximate surface area is 187 Å². The van der Waals surface area contributed by atoms with E-state index < -0.39 is 0 Å². The number of H-pyrrole nitrogens is 1. The summed E-state index contributed by atoms with van der Waals surface area (Å²) in [6.07, 6.45) is 0. The third-order valence-electron chi connectivity index (χ3n) is 4.76. The monoisotopic (exact) mass is 474 g/mol. The predicted octanol–water partition coefficient (Wildman–Crippen LogP) is 4.42. The van der Waals surface area contributed by atoms with Crippen LogP contribution in [0.1, 0.15) is 27.2 Å². The van der Waals surface area contributed by atoms with Crippen LogP contribution < -0.4 is 11.0 Å². The molecule has 0 aliphatic heterocycles. The van der Waals surface area contributed by atoms with Crippen molar-refractivity contribution in [2.75, 3.05) is 0 Å². The van der Waals surface area contributed by atoms with E-state index in [-0.39, 0.29) is 11.5 Å². The molecule has 0 saturated heterocycles. The lowest BCUT2D eigenvalue weighted by Gasteiger charge is -2.07. The summed E-state index contributed by atoms with van der Waals surface area (Å²) in [7, 11) is 0. The largest absolute Gasteiger partial charge is 0.295 e. The van der Waals surface area contributed by atoms with Crippen molar-refractivity contribution in [2.24, 2.45) is 5.10 Å². The van der Waals surface area contributed by atoms with E-state index >= 15 is 0 Å². The molecule has 0 aliphatic rings. The molecule has 0 spiro atoms. The van der Waals surface area contributed by atoms with E-state index in [0.29, 0.717) is 38.3 Å². The SMILES string of the molecule is Cc1[nH]n(-c2ccccc2)c(=O)c1/C(=N/NC(=O)c1ccccc1Br)c1ccccc1. The Hall–Kier alpha value is -3.71. The Bertz CT molecular complexity index is 1310. The van der Waals surface area contributed by atoms with E-state index in [9.17, 15) is 9.59 Å². The lowest BCUT2D eigenvalue weighted by Crippen LogP contribution is -2.25. The zero-order chi connectivity index (χ0) is 21.8. The van der Waals surface area contributed by atoms with Crippen molar-refractivity contribution in [3.05, 3.63) is 122 Å². The first-order valence-electron chi connectivity index (χ1n) is 9.61. The molecule has 1 aromatic heterocycles. The van der Waals surface area contributed by atoms with Gasteiger partial charge in [-0.3, -0.25) is 14.7 Å². The number of nitrogens with zero attached hydrogens (tertiary/aromatic N) is 2. The zero-order valence-corrected chi connectivity index (χ0v) is 18.3. The fourth-order valence-electron chi connectivity index (χ4n) is 3.26. The Morgan fingerprint density at radius 2 is 1.55 bits per heavy atom. The number of aryl methyl sites for hydroxylation is 1. The first-order valence-corrected chi connectivity index (χ1v) is 10.4. The van der Waals surface area contributed by atoms with Gasteiger partial charge in [-0.1, -0.05) is 60.7 Å². The van der Waals surface area contributed by atoms with Gasteiger partial charge in [0, 0.05) is 15.7 Å². The molecule has 154 valence electrons. The summed E-state index contributed by atoms with van der Waals surface area (Å²) in [6.45, 7) is 1.81. The van der Waals surface area contributed by atoms with Crippen LogP contribution in [0.2, 0.25) is 0 Å². The summed E-state index contributed by atoms with van der Waals surface area (Å²) < 4.78 is 2.13. The number of halogens is 1. The van der Waals surface area contributed by atoms with Crippen molar-refractivity contribution in [3.63, 3.8) is 0 Å². The molecule has 0 radical (unpaired) electrons. The fourth-order valence-corrected chi connectivity index (χ4v) is 3.72. The van der Waals surface area contributed by atoms with Gasteiger partial charge < -0.3 is 0 Å². The first kappa shape index (κ1) is 20.6. The normalized spacial score (nSPS) is 11.4. The third-order valence-corrected chi connectivity index (χ3v) is 5.45. The van der Waals surface area contributed by atoms with Gasteiger partial charge >= 0.3 is 0 Å². The first-order chi connectivity index (χ1) is 15.1. The Morgan fingerprint density at radius 1 is 0.935 bits per heavy atom. The average Bonchev–Trinajstić information content (AvgIpc) is 3.09. The standard InChI is InChI=1S/C24H19BrN4O2/c1-16-21(24(31)29(28-16)18-12-6-3-7-13-18)22(17-10-4-2-5-11-17)26-27-23(30)19-14-8-9-15-20(19)25/h2-15,28H,1H3,(H,27,30)/b26-22+. The Balaban J connectivity index is 1.80. The van der Waals surface area contributed by atoms with Crippen molar-refractivity contribution >= 4 is 27.5 Å². The number of hydrogen-bond acceptors (Lipinski definition) is 3. The molecule has 0 saturated carbocycles. The number of aromatic nitrogens is 2. The molecule has 6 nitrogen and oxygen atoms in total. The molecule has 1 heterocycles. The van der Waals surface area contributed by atoms with Gasteiger partial charge in [0.15, 0.2) is 0 Å². The molecule has 31 heavy (non-hydrogen) atoms. The number of hydrogen-bond donors (Lipinski definition) is 2. The highest BCUT2D eigenvalue weighted by atomic mass is 79.9. The van der Waals surface area contributed by atoms with E-state index in [1.807, 2.05) is 73.7 Å². The Morgan fingerprint density at radius 3 is 2.23 bits per heavy atom. The number of para-hydroxylation sites is 1. The maximum absolute atomic E-state index is 13.3. The van der Waals surface area contributed by atoms with E-state index in [4.69, 9.17) is 0 Å². The Kier molecular flexibility index (Phi) is 5.95. The number of benzene rings is 3. The maximum Gasteiger partial charge on any atom is 0.281 e. The van der Waals surface area contributed by atoms with Gasteiger partial charge in [0.25, 0.3) is 11.5 Å². The molecule has 0 unspecified atom stereocenters. The molecule has 1 amide bonds. The molecule has 0 fully saturated rings. The molecule has 4 aromatic rings. The number of hydrazone groups is 1. The summed E-state index contributed by atoms with van der Waals surface area (Å²) in [4.78, 5) is 26.0. The summed E-state index contributed by atoms with van der Waals surface area (Å²) in [5.41, 5.74) is 5.65. The topological polar surface area (TPSA) is 79.2 Å². The van der Waals surface area contributed by atoms with Crippen LogP contribution in [0.15, 0.2) is 99.3 Å². The number of amides is 1. The highest BCUT2D eigenvalue weighted by Crippen LogP contribution is 2.16. The van der Waals surface area contributed by atoms with Crippen molar-refractivity contribution in [3.8, 4) is 5.69 Å². The second-order valence-corrected chi connectivity index (χ2v) is 7.69. The lowest BCUT2D eigenvalue weighted by atomic mass is 10.0. The van der Waals surface area contributed by atoms with Crippen LogP contribution in [-0.2, 0) is 0 Å². The molecule has 2 N–H and O–H groups in total. The summed E-state index contributed by atoms with van der Waals surface area (Å²) >= 11 is 3.38. The van der Waals surface area contributed by atoms with E-state index in [2.05, 4.69) is 31.6 Å². The van der Waals surface area contributed by atoms with E-state index in [1.54, 1.807) is 18.2 Å². The van der Waals surface area contributed by atoms with Gasteiger partial charge in [0.2, 0.25) is 0 Å². The van der Waals surface area contributed by atoms with Crippen LogP contribution in [-0.4, -0.2) is 21.4 Å².